The van der Waals surface area contributed by atoms with Crippen LogP contribution in [-0.2, 0) is 11.2 Å². The Kier molecular flexibility index (Phi) is 5.94. The van der Waals surface area contributed by atoms with E-state index in [0.717, 1.165) is 44.6 Å². The second-order valence-electron chi connectivity index (χ2n) is 5.26. The topological polar surface area (TPSA) is 71.6 Å². The van der Waals surface area contributed by atoms with Crippen molar-refractivity contribution >= 4 is 0 Å². The fourth-order valence-corrected chi connectivity index (χ4v) is 2.48. The molecule has 2 rings (SSSR count). The summed E-state index contributed by atoms with van der Waals surface area (Å²) in [6, 6.07) is 0.168. The summed E-state index contributed by atoms with van der Waals surface area (Å²) >= 11 is 0. The molecule has 0 bridgehead atoms. The molecule has 1 aliphatic heterocycles. The van der Waals surface area contributed by atoms with Crippen molar-refractivity contribution in [3.8, 4) is 0 Å². The lowest BCUT2D eigenvalue weighted by molar-refractivity contribution is -0.00786. The van der Waals surface area contributed by atoms with Gasteiger partial charge in [0.05, 0.1) is 12.1 Å². The molecule has 1 unspecified atom stereocenters. The van der Waals surface area contributed by atoms with Gasteiger partial charge in [-0.2, -0.15) is 4.98 Å². The highest BCUT2D eigenvalue weighted by Crippen LogP contribution is 2.24. The van der Waals surface area contributed by atoms with E-state index in [1.54, 1.807) is 0 Å². The summed E-state index contributed by atoms with van der Waals surface area (Å²) in [5.41, 5.74) is 0. The highest BCUT2D eigenvalue weighted by Gasteiger charge is 2.26. The molecule has 114 valence electrons. The normalized spacial score (nSPS) is 19.4. The lowest BCUT2D eigenvalue weighted by Gasteiger charge is -2.34. The highest BCUT2D eigenvalue weighted by atomic mass is 16.5. The van der Waals surface area contributed by atoms with Crippen LogP contribution in [0.5, 0.6) is 0 Å². The third-order valence-corrected chi connectivity index (χ3v) is 3.84. The Balaban J connectivity index is 1.78. The van der Waals surface area contributed by atoms with E-state index in [4.69, 9.17) is 14.4 Å². The molecule has 6 heteroatoms. The zero-order valence-corrected chi connectivity index (χ0v) is 12.4. The smallest absolute Gasteiger partial charge is 0.243 e. The minimum atomic E-state index is 0.168. The van der Waals surface area contributed by atoms with Gasteiger partial charge in [-0.3, -0.25) is 4.90 Å². The van der Waals surface area contributed by atoms with Gasteiger partial charge in [0.1, 0.15) is 0 Å². The molecule has 20 heavy (non-hydrogen) atoms. The van der Waals surface area contributed by atoms with E-state index < -0.39 is 0 Å². The van der Waals surface area contributed by atoms with Gasteiger partial charge in [-0.25, -0.2) is 0 Å². The zero-order chi connectivity index (χ0) is 14.4. The van der Waals surface area contributed by atoms with E-state index in [2.05, 4.69) is 22.0 Å². The average Bonchev–Trinajstić information content (AvgIpc) is 2.96. The third kappa shape index (κ3) is 4.01. The summed E-state index contributed by atoms with van der Waals surface area (Å²) < 4.78 is 11.1. The van der Waals surface area contributed by atoms with Gasteiger partial charge in [0.25, 0.3) is 0 Å². The van der Waals surface area contributed by atoms with Gasteiger partial charge in [0, 0.05) is 32.7 Å². The quantitative estimate of drug-likeness (QED) is 0.766. The summed E-state index contributed by atoms with van der Waals surface area (Å²) in [5, 5.41) is 12.7. The molecule has 0 amide bonds. The maximum Gasteiger partial charge on any atom is 0.243 e. The molecule has 1 aliphatic rings. The van der Waals surface area contributed by atoms with E-state index in [-0.39, 0.29) is 12.6 Å². The number of likely N-dealkylation sites (tertiary alicyclic amines) is 1. The van der Waals surface area contributed by atoms with Crippen LogP contribution in [0.2, 0.25) is 0 Å². The fraction of sp³-hybridized carbons (Fsp3) is 0.857. The lowest BCUT2D eigenvalue weighted by atomic mass is 10.1. The Hall–Kier alpha value is -0.980. The van der Waals surface area contributed by atoms with Crippen molar-refractivity contribution in [3.05, 3.63) is 11.7 Å². The number of rotatable bonds is 7. The van der Waals surface area contributed by atoms with Crippen LogP contribution in [0, 0.1) is 0 Å². The summed E-state index contributed by atoms with van der Waals surface area (Å²) in [6.45, 7) is 6.95. The standard InChI is InChI=1S/C14H25N3O3/c1-3-13-15-14(20-16-13)11(2)17-7-5-12(6-8-17)19-10-4-9-18/h11-12,18H,3-10H2,1-2H3. The zero-order valence-electron chi connectivity index (χ0n) is 12.4. The van der Waals surface area contributed by atoms with Gasteiger partial charge >= 0.3 is 0 Å². The van der Waals surface area contributed by atoms with Crippen molar-refractivity contribution in [2.45, 2.75) is 51.7 Å². The fourth-order valence-electron chi connectivity index (χ4n) is 2.48. The molecule has 1 N–H and O–H groups in total. The molecule has 1 saturated heterocycles. The number of piperidine rings is 1. The summed E-state index contributed by atoms with van der Waals surface area (Å²) in [4.78, 5) is 6.77. The van der Waals surface area contributed by atoms with Crippen LogP contribution in [0.15, 0.2) is 4.52 Å². The Morgan fingerprint density at radius 3 is 2.80 bits per heavy atom. The number of aryl methyl sites for hydroxylation is 1. The third-order valence-electron chi connectivity index (χ3n) is 3.84. The first-order chi connectivity index (χ1) is 9.74. The molecule has 1 aromatic heterocycles. The Morgan fingerprint density at radius 2 is 2.20 bits per heavy atom. The predicted octanol–water partition coefficient (Wildman–Crippen LogP) is 1.56. The molecule has 0 aromatic carbocycles. The predicted molar refractivity (Wildman–Crippen MR) is 74.3 cm³/mol. The summed E-state index contributed by atoms with van der Waals surface area (Å²) in [7, 11) is 0. The number of nitrogens with zero attached hydrogens (tertiary/aromatic N) is 3. The Bertz CT molecular complexity index is 389. The number of aliphatic hydroxyl groups is 1. The Morgan fingerprint density at radius 1 is 1.45 bits per heavy atom. The van der Waals surface area contributed by atoms with Gasteiger partial charge in [0.2, 0.25) is 5.89 Å². The van der Waals surface area contributed by atoms with Crippen molar-refractivity contribution in [2.75, 3.05) is 26.3 Å². The van der Waals surface area contributed by atoms with Crippen molar-refractivity contribution in [3.63, 3.8) is 0 Å². The van der Waals surface area contributed by atoms with Crippen LogP contribution in [0.4, 0.5) is 0 Å². The molecule has 0 aliphatic carbocycles. The average molecular weight is 283 g/mol. The molecular formula is C14H25N3O3. The Labute approximate surface area is 120 Å². The summed E-state index contributed by atoms with van der Waals surface area (Å²) in [5.74, 6) is 1.48. The van der Waals surface area contributed by atoms with Crippen molar-refractivity contribution in [2.24, 2.45) is 0 Å². The van der Waals surface area contributed by atoms with E-state index in [0.29, 0.717) is 18.6 Å². The van der Waals surface area contributed by atoms with Crippen molar-refractivity contribution < 1.29 is 14.4 Å². The van der Waals surface area contributed by atoms with Gasteiger partial charge in [0.15, 0.2) is 5.82 Å². The lowest BCUT2D eigenvalue weighted by Crippen LogP contribution is -2.38. The van der Waals surface area contributed by atoms with Crippen LogP contribution in [0.25, 0.3) is 0 Å². The summed E-state index contributed by atoms with van der Waals surface area (Å²) in [6.07, 6.45) is 3.88. The molecule has 6 nitrogen and oxygen atoms in total. The number of hydrogen-bond donors (Lipinski definition) is 1. The van der Waals surface area contributed by atoms with Crippen LogP contribution < -0.4 is 0 Å². The van der Waals surface area contributed by atoms with E-state index in [1.807, 2.05) is 6.92 Å². The van der Waals surface area contributed by atoms with E-state index in [1.165, 1.54) is 0 Å². The molecule has 0 saturated carbocycles. The van der Waals surface area contributed by atoms with Gasteiger partial charge < -0.3 is 14.4 Å². The van der Waals surface area contributed by atoms with Gasteiger partial charge in [-0.1, -0.05) is 12.1 Å². The molecule has 2 heterocycles. The first kappa shape index (κ1) is 15.4. The maximum absolute atomic E-state index is 8.75. The van der Waals surface area contributed by atoms with E-state index in [9.17, 15) is 0 Å². The number of hydrogen-bond acceptors (Lipinski definition) is 6. The van der Waals surface area contributed by atoms with Crippen molar-refractivity contribution in [1.29, 1.82) is 0 Å². The minimum Gasteiger partial charge on any atom is -0.396 e. The number of ether oxygens (including phenoxy) is 1. The largest absolute Gasteiger partial charge is 0.396 e. The number of aromatic nitrogens is 2. The highest BCUT2D eigenvalue weighted by molar-refractivity contribution is 4.93. The molecule has 1 fully saturated rings. The molecule has 0 radical (unpaired) electrons. The van der Waals surface area contributed by atoms with Crippen LogP contribution >= 0.6 is 0 Å². The van der Waals surface area contributed by atoms with Crippen molar-refractivity contribution in [1.82, 2.24) is 15.0 Å². The first-order valence-corrected chi connectivity index (χ1v) is 7.53. The van der Waals surface area contributed by atoms with E-state index >= 15 is 0 Å². The van der Waals surface area contributed by atoms with Crippen LogP contribution in [0.1, 0.15) is 50.9 Å². The number of aliphatic hydroxyl groups excluding tert-OH is 1. The molecule has 1 aromatic rings. The van der Waals surface area contributed by atoms with Crippen LogP contribution in [-0.4, -0.2) is 52.6 Å². The maximum atomic E-state index is 8.75. The second kappa shape index (κ2) is 7.71. The first-order valence-electron chi connectivity index (χ1n) is 7.53. The van der Waals surface area contributed by atoms with Gasteiger partial charge in [-0.15, -0.1) is 0 Å². The SMILES string of the molecule is CCc1noc(C(C)N2CCC(OCCCO)CC2)n1. The van der Waals surface area contributed by atoms with Crippen LogP contribution in [0.3, 0.4) is 0 Å². The van der Waals surface area contributed by atoms with Gasteiger partial charge in [-0.05, 0) is 26.2 Å². The molecule has 0 spiro atoms. The molecule has 1 atom stereocenters. The monoisotopic (exact) mass is 283 g/mol. The minimum absolute atomic E-state index is 0.168. The molecular weight excluding hydrogens is 258 g/mol. The second-order valence-corrected chi connectivity index (χ2v) is 5.26.